The van der Waals surface area contributed by atoms with Crippen LogP contribution in [-0.4, -0.2) is 30.0 Å². The third kappa shape index (κ3) is 5.92. The molecule has 1 aliphatic rings. The van der Waals surface area contributed by atoms with E-state index in [1.54, 1.807) is 0 Å². The second-order valence-corrected chi connectivity index (χ2v) is 8.48. The van der Waals surface area contributed by atoms with E-state index < -0.39 is 0 Å². The maximum Gasteiger partial charge on any atom is 0.142 e. The smallest absolute Gasteiger partial charge is 0.142 e. The molecule has 3 aromatic carbocycles. The number of carbonyl (C=O) groups excluding carboxylic acids is 1. The van der Waals surface area contributed by atoms with Crippen LogP contribution >= 0.6 is 0 Å². The number of benzene rings is 3. The number of rotatable bonds is 8. The summed E-state index contributed by atoms with van der Waals surface area (Å²) >= 11 is 0. The summed E-state index contributed by atoms with van der Waals surface area (Å²) in [5, 5.41) is 4.30. The lowest BCUT2D eigenvalue weighted by Crippen LogP contribution is -2.35. The second kappa shape index (κ2) is 10.9. The molecular formula is C28H30N2O2. The maximum atomic E-state index is 11.1. The number of likely N-dealkylation sites (tertiary alicyclic amines) is 1. The predicted molar refractivity (Wildman–Crippen MR) is 129 cm³/mol. The molecule has 164 valence electrons. The average molecular weight is 427 g/mol. The van der Waals surface area contributed by atoms with Crippen LogP contribution in [0.1, 0.15) is 36.5 Å². The molecule has 0 N–H and O–H groups in total. The molecule has 32 heavy (non-hydrogen) atoms. The number of aldehydes is 1. The van der Waals surface area contributed by atoms with Gasteiger partial charge in [-0.2, -0.15) is 0 Å². The monoisotopic (exact) mass is 426 g/mol. The van der Waals surface area contributed by atoms with Gasteiger partial charge in [0.2, 0.25) is 0 Å². The molecule has 0 spiro atoms. The zero-order valence-electron chi connectivity index (χ0n) is 18.6. The van der Waals surface area contributed by atoms with Crippen molar-refractivity contribution in [3.8, 4) is 11.1 Å². The first kappa shape index (κ1) is 22.0. The zero-order valence-corrected chi connectivity index (χ0v) is 18.6. The Labute approximate surface area is 190 Å². The van der Waals surface area contributed by atoms with Gasteiger partial charge >= 0.3 is 0 Å². The van der Waals surface area contributed by atoms with E-state index in [4.69, 9.17) is 4.84 Å². The Kier molecular flexibility index (Phi) is 7.47. The van der Waals surface area contributed by atoms with Crippen molar-refractivity contribution in [3.63, 3.8) is 0 Å². The summed E-state index contributed by atoms with van der Waals surface area (Å²) in [5.41, 5.74) is 6.66. The van der Waals surface area contributed by atoms with Crippen molar-refractivity contribution < 1.29 is 9.63 Å². The van der Waals surface area contributed by atoms with Crippen LogP contribution in [0.15, 0.2) is 84.0 Å². The van der Waals surface area contributed by atoms with Crippen LogP contribution in [-0.2, 0) is 22.8 Å². The average Bonchev–Trinajstić information content (AvgIpc) is 2.85. The first-order valence-corrected chi connectivity index (χ1v) is 11.3. The molecule has 0 aliphatic carbocycles. The van der Waals surface area contributed by atoms with E-state index in [-0.39, 0.29) is 5.92 Å². The highest BCUT2D eigenvalue weighted by Gasteiger charge is 2.19. The fourth-order valence-corrected chi connectivity index (χ4v) is 4.14. The van der Waals surface area contributed by atoms with Crippen LogP contribution in [0.25, 0.3) is 11.1 Å². The molecule has 4 heteroatoms. The van der Waals surface area contributed by atoms with Crippen LogP contribution in [0.4, 0.5) is 0 Å². The number of piperidine rings is 1. The molecule has 4 rings (SSSR count). The van der Waals surface area contributed by atoms with Crippen molar-refractivity contribution in [1.82, 2.24) is 4.90 Å². The summed E-state index contributed by atoms with van der Waals surface area (Å²) in [6.45, 7) is 5.22. The van der Waals surface area contributed by atoms with Crippen molar-refractivity contribution in [2.24, 2.45) is 11.1 Å². The van der Waals surface area contributed by atoms with Crippen LogP contribution < -0.4 is 0 Å². The van der Waals surface area contributed by atoms with Crippen LogP contribution in [0.2, 0.25) is 0 Å². The Morgan fingerprint density at radius 2 is 1.66 bits per heavy atom. The van der Waals surface area contributed by atoms with Gasteiger partial charge in [0.25, 0.3) is 0 Å². The Balaban J connectivity index is 1.29. The Morgan fingerprint density at radius 3 is 2.38 bits per heavy atom. The quantitative estimate of drug-likeness (QED) is 0.263. The SMILES string of the molecule is C/C(=N\OCc1ccc(-c2ccccc2)cc1)c1ccc(CN2CCCC(C=O)C2)cc1. The summed E-state index contributed by atoms with van der Waals surface area (Å²) in [5.74, 6) is 0.184. The minimum absolute atomic E-state index is 0.184. The first-order valence-electron chi connectivity index (χ1n) is 11.3. The molecule has 1 saturated heterocycles. The third-order valence-electron chi connectivity index (χ3n) is 6.01. The summed E-state index contributed by atoms with van der Waals surface area (Å²) in [6.07, 6.45) is 3.22. The summed E-state index contributed by atoms with van der Waals surface area (Å²) < 4.78 is 0. The normalized spacial score (nSPS) is 17.2. The minimum Gasteiger partial charge on any atom is -0.391 e. The van der Waals surface area contributed by atoms with Crippen LogP contribution in [0.5, 0.6) is 0 Å². The zero-order chi connectivity index (χ0) is 22.2. The van der Waals surface area contributed by atoms with E-state index in [1.165, 1.54) is 16.7 Å². The predicted octanol–water partition coefficient (Wildman–Crippen LogP) is 5.71. The van der Waals surface area contributed by atoms with Gasteiger partial charge < -0.3 is 9.63 Å². The van der Waals surface area contributed by atoms with Gasteiger partial charge in [-0.15, -0.1) is 0 Å². The van der Waals surface area contributed by atoms with Gasteiger partial charge in [0.05, 0.1) is 5.71 Å². The van der Waals surface area contributed by atoms with Crippen LogP contribution in [0, 0.1) is 5.92 Å². The molecule has 1 unspecified atom stereocenters. The highest BCUT2D eigenvalue weighted by Crippen LogP contribution is 2.20. The Bertz CT molecular complexity index is 1030. The number of hydrogen-bond acceptors (Lipinski definition) is 4. The van der Waals surface area contributed by atoms with Gasteiger partial charge in [0.1, 0.15) is 12.9 Å². The van der Waals surface area contributed by atoms with Gasteiger partial charge in [0.15, 0.2) is 0 Å². The fourth-order valence-electron chi connectivity index (χ4n) is 4.14. The maximum absolute atomic E-state index is 11.1. The number of oxime groups is 1. The van der Waals surface area contributed by atoms with Gasteiger partial charge in [-0.25, -0.2) is 0 Å². The van der Waals surface area contributed by atoms with Gasteiger partial charge in [-0.1, -0.05) is 84.0 Å². The van der Waals surface area contributed by atoms with E-state index in [9.17, 15) is 4.79 Å². The van der Waals surface area contributed by atoms with E-state index in [0.29, 0.717) is 6.61 Å². The third-order valence-corrected chi connectivity index (χ3v) is 6.01. The molecule has 4 nitrogen and oxygen atoms in total. The number of hydrogen-bond donors (Lipinski definition) is 0. The Morgan fingerprint density at radius 1 is 0.969 bits per heavy atom. The lowest BCUT2D eigenvalue weighted by Gasteiger charge is -2.30. The molecule has 1 fully saturated rings. The number of carbonyl (C=O) groups is 1. The summed E-state index contributed by atoms with van der Waals surface area (Å²) in [7, 11) is 0. The fraction of sp³-hybridized carbons (Fsp3) is 0.286. The second-order valence-electron chi connectivity index (χ2n) is 8.48. The van der Waals surface area contributed by atoms with Crippen molar-refractivity contribution >= 4 is 12.0 Å². The Hall–Kier alpha value is -3.24. The van der Waals surface area contributed by atoms with Gasteiger partial charge in [0, 0.05) is 19.0 Å². The molecule has 1 aliphatic heterocycles. The first-order chi connectivity index (χ1) is 15.7. The summed E-state index contributed by atoms with van der Waals surface area (Å²) in [6, 6.07) is 27.2. The van der Waals surface area contributed by atoms with Crippen molar-refractivity contribution in [2.45, 2.75) is 32.9 Å². The largest absolute Gasteiger partial charge is 0.391 e. The van der Waals surface area contributed by atoms with E-state index in [1.807, 2.05) is 25.1 Å². The lowest BCUT2D eigenvalue weighted by molar-refractivity contribution is -0.112. The molecule has 0 radical (unpaired) electrons. The van der Waals surface area contributed by atoms with Crippen molar-refractivity contribution in [3.05, 3.63) is 95.6 Å². The van der Waals surface area contributed by atoms with E-state index in [0.717, 1.165) is 55.6 Å². The lowest BCUT2D eigenvalue weighted by atomic mass is 9.99. The van der Waals surface area contributed by atoms with Gasteiger partial charge in [-0.3, -0.25) is 4.90 Å². The molecule has 3 aromatic rings. The van der Waals surface area contributed by atoms with Crippen molar-refractivity contribution in [2.75, 3.05) is 13.1 Å². The van der Waals surface area contributed by atoms with Gasteiger partial charge in [-0.05, 0) is 54.1 Å². The molecule has 0 saturated carbocycles. The standard InChI is InChI=1S/C28H30N2O2/c1-22(26-13-9-23(10-14-26)18-30-17-5-6-25(19-30)20-31)29-32-21-24-11-15-28(16-12-24)27-7-3-2-4-8-27/h2-4,7-16,20,25H,5-6,17-19,21H2,1H3/b29-22+. The minimum atomic E-state index is 0.184. The van der Waals surface area contributed by atoms with E-state index >= 15 is 0 Å². The molecule has 0 aromatic heterocycles. The molecule has 1 heterocycles. The highest BCUT2D eigenvalue weighted by atomic mass is 16.6. The van der Waals surface area contributed by atoms with Crippen LogP contribution in [0.3, 0.4) is 0 Å². The topological polar surface area (TPSA) is 41.9 Å². The molecular weight excluding hydrogens is 396 g/mol. The number of nitrogens with zero attached hydrogens (tertiary/aromatic N) is 2. The van der Waals surface area contributed by atoms with E-state index in [2.05, 4.69) is 70.7 Å². The molecule has 0 amide bonds. The van der Waals surface area contributed by atoms with Crippen molar-refractivity contribution in [1.29, 1.82) is 0 Å². The summed E-state index contributed by atoms with van der Waals surface area (Å²) in [4.78, 5) is 19.0. The molecule has 1 atom stereocenters. The highest BCUT2D eigenvalue weighted by molar-refractivity contribution is 5.98. The molecule has 0 bridgehead atoms.